The highest BCUT2D eigenvalue weighted by molar-refractivity contribution is 7.18. The minimum absolute atomic E-state index is 0.204. The molecule has 0 spiro atoms. The predicted molar refractivity (Wildman–Crippen MR) is 108 cm³/mol. The molecule has 6 nitrogen and oxygen atoms in total. The zero-order valence-corrected chi connectivity index (χ0v) is 16.6. The number of hydrogen-bond donors (Lipinski definition) is 2. The first-order chi connectivity index (χ1) is 12.4. The number of thiophene rings is 1. The third-order valence-electron chi connectivity index (χ3n) is 4.19. The number of hydrogen-bond acceptors (Lipinski definition) is 7. The zero-order valence-electron chi connectivity index (χ0n) is 15.1. The summed E-state index contributed by atoms with van der Waals surface area (Å²) in [6.07, 6.45) is -0.795. The number of methoxy groups -OCH3 is 1. The number of aliphatic hydroxyl groups excluding tert-OH is 1. The summed E-state index contributed by atoms with van der Waals surface area (Å²) in [5.74, 6) is 1.44. The maximum atomic E-state index is 10.4. The maximum absolute atomic E-state index is 10.4. The largest absolute Gasteiger partial charge is 0.497 e. The molecule has 2 aromatic heterocycles. The van der Waals surface area contributed by atoms with Crippen LogP contribution in [0.3, 0.4) is 0 Å². The fourth-order valence-corrected chi connectivity index (χ4v) is 4.01. The lowest BCUT2D eigenvalue weighted by molar-refractivity contribution is 0.210. The molecule has 1 unspecified atom stereocenters. The number of aromatic nitrogens is 2. The quantitative estimate of drug-likeness (QED) is 0.490. The summed E-state index contributed by atoms with van der Waals surface area (Å²) in [5.41, 5.74) is 1.91. The van der Waals surface area contributed by atoms with Crippen molar-refractivity contribution >= 4 is 44.7 Å². The molecule has 1 atom stereocenters. The summed E-state index contributed by atoms with van der Waals surface area (Å²) in [6.45, 7) is 4.43. The van der Waals surface area contributed by atoms with Crippen LogP contribution in [0.5, 0.6) is 5.75 Å². The molecule has 8 heteroatoms. The smallest absolute Gasteiger partial charge is 0.225 e. The molecule has 0 fully saturated rings. The number of halogens is 1. The molecular weight excluding hydrogens is 372 g/mol. The average molecular weight is 393 g/mol. The second-order valence-electron chi connectivity index (χ2n) is 6.05. The van der Waals surface area contributed by atoms with E-state index in [1.807, 2.05) is 43.1 Å². The van der Waals surface area contributed by atoms with Crippen molar-refractivity contribution in [3.05, 3.63) is 40.0 Å². The third-order valence-corrected chi connectivity index (χ3v) is 5.46. The molecule has 0 aliphatic carbocycles. The zero-order chi connectivity index (χ0) is 18.8. The molecule has 0 radical (unpaired) electrons. The van der Waals surface area contributed by atoms with Crippen LogP contribution >= 0.6 is 22.9 Å². The summed E-state index contributed by atoms with van der Waals surface area (Å²) in [5, 5.41) is 14.7. The normalized spacial score (nSPS) is 12.2. The van der Waals surface area contributed by atoms with Crippen LogP contribution in [0, 0.1) is 13.8 Å². The number of nitrogens with one attached hydrogen (secondary N) is 1. The fraction of sp³-hybridized carbons (Fsp3) is 0.333. The number of likely N-dealkylation sites (N-methyl/N-ethyl adjacent to an activating group) is 1. The third kappa shape index (κ3) is 3.85. The standard InChI is InChI=1S/C18H21ClN4O2S/c1-10-11(2)26-17-15(10)16(21-18(19)22-17)23(3)9-14(24)20-12-6-5-7-13(8-12)25-4/h5-8,14,20,24H,9H2,1-4H3. The Kier molecular flexibility index (Phi) is 5.50. The van der Waals surface area contributed by atoms with E-state index in [0.29, 0.717) is 12.4 Å². The Labute approximate surface area is 161 Å². The maximum Gasteiger partial charge on any atom is 0.225 e. The van der Waals surface area contributed by atoms with E-state index in [2.05, 4.69) is 22.2 Å². The fourth-order valence-electron chi connectivity index (χ4n) is 2.78. The van der Waals surface area contributed by atoms with Gasteiger partial charge in [-0.2, -0.15) is 4.98 Å². The molecule has 0 bridgehead atoms. The Hall–Kier alpha value is -2.09. The van der Waals surface area contributed by atoms with Gasteiger partial charge >= 0.3 is 0 Å². The van der Waals surface area contributed by atoms with Crippen LogP contribution in [0.4, 0.5) is 11.5 Å². The van der Waals surface area contributed by atoms with E-state index >= 15 is 0 Å². The molecule has 0 saturated carbocycles. The lowest BCUT2D eigenvalue weighted by Gasteiger charge is -2.24. The van der Waals surface area contributed by atoms with Gasteiger partial charge in [-0.25, -0.2) is 4.98 Å². The Morgan fingerprint density at radius 1 is 1.35 bits per heavy atom. The molecule has 3 rings (SSSR count). The molecule has 1 aromatic carbocycles. The van der Waals surface area contributed by atoms with Gasteiger partial charge in [0.1, 0.15) is 22.6 Å². The van der Waals surface area contributed by atoms with E-state index in [4.69, 9.17) is 16.3 Å². The van der Waals surface area contributed by atoms with Crippen LogP contribution in [0.25, 0.3) is 10.2 Å². The summed E-state index contributed by atoms with van der Waals surface area (Å²) in [4.78, 5) is 12.6. The average Bonchev–Trinajstić information content (AvgIpc) is 2.88. The highest BCUT2D eigenvalue weighted by Gasteiger charge is 2.18. The van der Waals surface area contributed by atoms with E-state index in [1.165, 1.54) is 4.88 Å². The van der Waals surface area contributed by atoms with Crippen LogP contribution in [0.15, 0.2) is 24.3 Å². The van der Waals surface area contributed by atoms with Gasteiger partial charge in [0.25, 0.3) is 0 Å². The summed E-state index contributed by atoms with van der Waals surface area (Å²) < 4.78 is 5.20. The molecular formula is C18H21ClN4O2S. The number of anilines is 2. The highest BCUT2D eigenvalue weighted by Crippen LogP contribution is 2.35. The van der Waals surface area contributed by atoms with Crippen LogP contribution < -0.4 is 15.0 Å². The Morgan fingerprint density at radius 3 is 2.85 bits per heavy atom. The van der Waals surface area contributed by atoms with Crippen LogP contribution in [-0.2, 0) is 0 Å². The second-order valence-corrected chi connectivity index (χ2v) is 7.59. The topological polar surface area (TPSA) is 70.5 Å². The molecule has 3 aromatic rings. The van der Waals surface area contributed by atoms with Gasteiger partial charge in [0.2, 0.25) is 5.28 Å². The van der Waals surface area contributed by atoms with Crippen molar-refractivity contribution in [1.29, 1.82) is 0 Å². The minimum Gasteiger partial charge on any atom is -0.497 e. The number of ether oxygens (including phenoxy) is 1. The van der Waals surface area contributed by atoms with Gasteiger partial charge in [0, 0.05) is 23.7 Å². The van der Waals surface area contributed by atoms with Crippen molar-refractivity contribution in [2.45, 2.75) is 20.1 Å². The number of benzene rings is 1. The summed E-state index contributed by atoms with van der Waals surface area (Å²) >= 11 is 7.69. The van der Waals surface area contributed by atoms with Crippen molar-refractivity contribution in [3.63, 3.8) is 0 Å². The molecule has 26 heavy (non-hydrogen) atoms. The van der Waals surface area contributed by atoms with Gasteiger partial charge in [0.15, 0.2) is 0 Å². The molecule has 2 heterocycles. The number of aryl methyl sites for hydroxylation is 2. The van der Waals surface area contributed by atoms with Crippen molar-refractivity contribution in [2.75, 3.05) is 30.9 Å². The Balaban J connectivity index is 1.81. The molecule has 0 amide bonds. The summed E-state index contributed by atoms with van der Waals surface area (Å²) in [6, 6.07) is 7.42. The summed E-state index contributed by atoms with van der Waals surface area (Å²) in [7, 11) is 3.49. The van der Waals surface area contributed by atoms with Crippen LogP contribution in [0.2, 0.25) is 5.28 Å². The number of fused-ring (bicyclic) bond motifs is 1. The lowest BCUT2D eigenvalue weighted by atomic mass is 10.2. The van der Waals surface area contributed by atoms with Gasteiger partial charge in [-0.1, -0.05) is 6.07 Å². The van der Waals surface area contributed by atoms with E-state index in [0.717, 1.165) is 27.2 Å². The minimum atomic E-state index is -0.795. The van der Waals surface area contributed by atoms with E-state index in [1.54, 1.807) is 18.4 Å². The lowest BCUT2D eigenvalue weighted by Crippen LogP contribution is -2.34. The van der Waals surface area contributed by atoms with Gasteiger partial charge in [-0.05, 0) is 43.1 Å². The number of nitrogens with zero attached hydrogens (tertiary/aromatic N) is 3. The molecule has 0 aliphatic rings. The van der Waals surface area contributed by atoms with Crippen LogP contribution in [0.1, 0.15) is 10.4 Å². The van der Waals surface area contributed by atoms with Gasteiger partial charge in [-0.3, -0.25) is 0 Å². The first kappa shape index (κ1) is 18.7. The van der Waals surface area contributed by atoms with Gasteiger partial charge in [-0.15, -0.1) is 11.3 Å². The van der Waals surface area contributed by atoms with Gasteiger partial charge in [0.05, 0.1) is 19.0 Å². The number of aliphatic hydroxyl groups is 1. The Bertz CT molecular complexity index is 931. The SMILES string of the molecule is COc1cccc(NC(O)CN(C)c2nc(Cl)nc3sc(C)c(C)c23)c1. The first-order valence-corrected chi connectivity index (χ1v) is 9.31. The second kappa shape index (κ2) is 7.65. The highest BCUT2D eigenvalue weighted by atomic mass is 35.5. The van der Waals surface area contributed by atoms with E-state index in [9.17, 15) is 5.11 Å². The van der Waals surface area contributed by atoms with Crippen molar-refractivity contribution in [1.82, 2.24) is 9.97 Å². The molecule has 0 aliphatic heterocycles. The first-order valence-electron chi connectivity index (χ1n) is 8.12. The monoisotopic (exact) mass is 392 g/mol. The number of rotatable bonds is 6. The Morgan fingerprint density at radius 2 is 2.12 bits per heavy atom. The molecule has 0 saturated heterocycles. The van der Waals surface area contributed by atoms with Crippen LogP contribution in [-0.4, -0.2) is 42.0 Å². The van der Waals surface area contributed by atoms with E-state index < -0.39 is 6.23 Å². The van der Waals surface area contributed by atoms with Crippen molar-refractivity contribution < 1.29 is 9.84 Å². The molecule has 2 N–H and O–H groups in total. The van der Waals surface area contributed by atoms with Crippen molar-refractivity contribution in [3.8, 4) is 5.75 Å². The van der Waals surface area contributed by atoms with Gasteiger partial charge < -0.3 is 20.1 Å². The van der Waals surface area contributed by atoms with E-state index in [-0.39, 0.29) is 5.28 Å². The predicted octanol–water partition coefficient (Wildman–Crippen LogP) is 3.84. The van der Waals surface area contributed by atoms with Crippen molar-refractivity contribution in [2.24, 2.45) is 0 Å². The molecule has 138 valence electrons.